The van der Waals surface area contributed by atoms with E-state index in [0.29, 0.717) is 6.54 Å². The quantitative estimate of drug-likeness (QED) is 0.396. The second kappa shape index (κ2) is 9.31. The first kappa shape index (κ1) is 19.8. The van der Waals surface area contributed by atoms with Gasteiger partial charge in [-0.25, -0.2) is 14.6 Å². The molecule has 30 heavy (non-hydrogen) atoms. The summed E-state index contributed by atoms with van der Waals surface area (Å²) in [4.78, 5) is 10.4. The Balaban J connectivity index is 1.51. The lowest BCUT2D eigenvalue weighted by Gasteiger charge is -2.22. The van der Waals surface area contributed by atoms with Crippen LogP contribution in [0, 0.1) is 6.92 Å². The number of rotatable bonds is 10. The summed E-state index contributed by atoms with van der Waals surface area (Å²) >= 11 is 0. The van der Waals surface area contributed by atoms with E-state index in [-0.39, 0.29) is 0 Å². The number of hydrogen-bond acceptors (Lipinski definition) is 7. The smallest absolute Gasteiger partial charge is 0.222 e. The minimum atomic E-state index is 0.700. The lowest BCUT2D eigenvalue weighted by molar-refractivity contribution is 0.234. The van der Waals surface area contributed by atoms with Crippen LogP contribution in [0.15, 0.2) is 55.6 Å². The Morgan fingerprint density at radius 3 is 2.13 bits per heavy atom. The summed E-state index contributed by atoms with van der Waals surface area (Å²) in [5, 5.41) is 13.0. The van der Waals surface area contributed by atoms with Gasteiger partial charge in [-0.1, -0.05) is 18.2 Å². The number of aromatic nitrogens is 8. The second-order valence-corrected chi connectivity index (χ2v) is 7.00. The van der Waals surface area contributed by atoms with Crippen molar-refractivity contribution >= 4 is 0 Å². The van der Waals surface area contributed by atoms with Crippen molar-refractivity contribution in [1.29, 1.82) is 0 Å². The topological polar surface area (TPSA) is 91.7 Å². The van der Waals surface area contributed by atoms with Gasteiger partial charge < -0.3 is 4.74 Å². The van der Waals surface area contributed by atoms with Crippen LogP contribution in [0.1, 0.15) is 11.3 Å². The standard InChI is InChI=1S/C20H25N9O/c1-17-19(20(26(2)25-17)30-18-6-4-3-5-7-18)12-27(8-10-28-15-21-13-23-28)9-11-29-16-22-14-24-29/h3-7,13-16H,8-12H2,1-2H3. The summed E-state index contributed by atoms with van der Waals surface area (Å²) in [6.07, 6.45) is 6.57. The number of benzene rings is 1. The van der Waals surface area contributed by atoms with Crippen molar-refractivity contribution in [1.82, 2.24) is 44.2 Å². The Morgan fingerprint density at radius 1 is 0.933 bits per heavy atom. The van der Waals surface area contributed by atoms with Crippen LogP contribution in [-0.2, 0) is 26.7 Å². The minimum Gasteiger partial charge on any atom is -0.439 e. The molecular weight excluding hydrogens is 382 g/mol. The lowest BCUT2D eigenvalue weighted by atomic mass is 10.2. The second-order valence-electron chi connectivity index (χ2n) is 7.00. The summed E-state index contributed by atoms with van der Waals surface area (Å²) in [7, 11) is 1.91. The van der Waals surface area contributed by atoms with Crippen LogP contribution in [0.4, 0.5) is 0 Å². The maximum Gasteiger partial charge on any atom is 0.222 e. The molecule has 0 aliphatic heterocycles. The summed E-state index contributed by atoms with van der Waals surface area (Å²) < 4.78 is 11.6. The van der Waals surface area contributed by atoms with Crippen molar-refractivity contribution in [3.05, 3.63) is 66.9 Å². The molecule has 10 heteroatoms. The Hall–Kier alpha value is -3.53. The zero-order valence-corrected chi connectivity index (χ0v) is 17.2. The number of aryl methyl sites for hydroxylation is 2. The SMILES string of the molecule is Cc1nn(C)c(Oc2ccccc2)c1CN(CCn1cncn1)CCn1cncn1. The molecule has 0 bridgehead atoms. The predicted molar refractivity (Wildman–Crippen MR) is 110 cm³/mol. The molecule has 0 N–H and O–H groups in total. The predicted octanol–water partition coefficient (Wildman–Crippen LogP) is 1.91. The van der Waals surface area contributed by atoms with Gasteiger partial charge in [0.2, 0.25) is 5.88 Å². The van der Waals surface area contributed by atoms with E-state index in [1.54, 1.807) is 30.0 Å². The molecule has 0 saturated heterocycles. The highest BCUT2D eigenvalue weighted by molar-refractivity contribution is 5.35. The molecule has 0 amide bonds. The molecule has 1 aromatic carbocycles. The van der Waals surface area contributed by atoms with E-state index < -0.39 is 0 Å². The number of para-hydroxylation sites is 1. The molecule has 4 rings (SSSR count). The maximum absolute atomic E-state index is 6.18. The van der Waals surface area contributed by atoms with Crippen molar-refractivity contribution in [3.63, 3.8) is 0 Å². The minimum absolute atomic E-state index is 0.700. The van der Waals surface area contributed by atoms with Gasteiger partial charge in [0, 0.05) is 26.7 Å². The van der Waals surface area contributed by atoms with Crippen molar-refractivity contribution in [3.8, 4) is 11.6 Å². The number of ether oxygens (including phenoxy) is 1. The van der Waals surface area contributed by atoms with Crippen LogP contribution in [-0.4, -0.2) is 57.3 Å². The van der Waals surface area contributed by atoms with Crippen molar-refractivity contribution in [2.75, 3.05) is 13.1 Å². The van der Waals surface area contributed by atoms with Gasteiger partial charge in [0.25, 0.3) is 0 Å². The third-order valence-corrected chi connectivity index (χ3v) is 4.85. The maximum atomic E-state index is 6.18. The number of hydrogen-bond donors (Lipinski definition) is 0. The first-order valence-corrected chi connectivity index (χ1v) is 9.81. The van der Waals surface area contributed by atoms with E-state index in [1.165, 1.54) is 0 Å². The van der Waals surface area contributed by atoms with Gasteiger partial charge in [-0.2, -0.15) is 15.3 Å². The van der Waals surface area contributed by atoms with Gasteiger partial charge in [0.15, 0.2) is 0 Å². The first-order chi connectivity index (χ1) is 14.7. The van der Waals surface area contributed by atoms with Crippen LogP contribution < -0.4 is 4.74 Å². The number of nitrogens with zero attached hydrogens (tertiary/aromatic N) is 9. The molecule has 0 radical (unpaired) electrons. The molecule has 0 aliphatic rings. The molecule has 0 unspecified atom stereocenters. The van der Waals surface area contributed by atoms with Crippen LogP contribution in [0.2, 0.25) is 0 Å². The van der Waals surface area contributed by atoms with Gasteiger partial charge >= 0.3 is 0 Å². The van der Waals surface area contributed by atoms with Gasteiger partial charge in [-0.15, -0.1) is 0 Å². The van der Waals surface area contributed by atoms with Crippen LogP contribution >= 0.6 is 0 Å². The summed E-state index contributed by atoms with van der Waals surface area (Å²) in [6.45, 7) is 5.80. The highest BCUT2D eigenvalue weighted by Crippen LogP contribution is 2.28. The molecule has 3 heterocycles. The van der Waals surface area contributed by atoms with Crippen molar-refractivity contribution in [2.45, 2.75) is 26.6 Å². The molecule has 0 aliphatic carbocycles. The Kier molecular flexibility index (Phi) is 6.14. The molecule has 0 fully saturated rings. The molecule has 0 spiro atoms. The zero-order valence-electron chi connectivity index (χ0n) is 17.2. The largest absolute Gasteiger partial charge is 0.439 e. The third kappa shape index (κ3) is 4.90. The van der Waals surface area contributed by atoms with Crippen molar-refractivity contribution < 1.29 is 4.74 Å². The molecule has 0 saturated carbocycles. The van der Waals surface area contributed by atoms with Crippen LogP contribution in [0.25, 0.3) is 0 Å². The molecule has 10 nitrogen and oxygen atoms in total. The average molecular weight is 407 g/mol. The highest BCUT2D eigenvalue weighted by Gasteiger charge is 2.19. The van der Waals surface area contributed by atoms with Crippen LogP contribution in [0.5, 0.6) is 11.6 Å². The zero-order chi connectivity index (χ0) is 20.8. The van der Waals surface area contributed by atoms with E-state index in [0.717, 1.165) is 49.1 Å². The molecule has 156 valence electrons. The Morgan fingerprint density at radius 2 is 1.57 bits per heavy atom. The average Bonchev–Trinajstić information content (AvgIpc) is 3.50. The van der Waals surface area contributed by atoms with E-state index in [4.69, 9.17) is 4.74 Å². The van der Waals surface area contributed by atoms with Gasteiger partial charge in [0.1, 0.15) is 31.1 Å². The highest BCUT2D eigenvalue weighted by atomic mass is 16.5. The Labute approximate surface area is 174 Å². The molecular formula is C20H25N9O. The van der Waals surface area contributed by atoms with E-state index >= 15 is 0 Å². The van der Waals surface area contributed by atoms with Gasteiger partial charge in [-0.05, 0) is 19.1 Å². The summed E-state index contributed by atoms with van der Waals surface area (Å²) in [6, 6.07) is 9.78. The molecule has 3 aromatic heterocycles. The molecule has 0 atom stereocenters. The third-order valence-electron chi connectivity index (χ3n) is 4.85. The first-order valence-electron chi connectivity index (χ1n) is 9.81. The van der Waals surface area contributed by atoms with Crippen LogP contribution in [0.3, 0.4) is 0 Å². The van der Waals surface area contributed by atoms with Gasteiger partial charge in [0.05, 0.1) is 24.3 Å². The fourth-order valence-electron chi connectivity index (χ4n) is 3.27. The summed E-state index contributed by atoms with van der Waals surface area (Å²) in [5.41, 5.74) is 2.02. The van der Waals surface area contributed by atoms with E-state index in [1.807, 2.05) is 53.7 Å². The normalized spacial score (nSPS) is 11.3. The summed E-state index contributed by atoms with van der Waals surface area (Å²) in [5.74, 6) is 1.55. The molecule has 4 aromatic rings. The Bertz CT molecular complexity index is 988. The fraction of sp³-hybridized carbons (Fsp3) is 0.350. The fourth-order valence-corrected chi connectivity index (χ4v) is 3.27. The van der Waals surface area contributed by atoms with Gasteiger partial charge in [-0.3, -0.25) is 14.3 Å². The van der Waals surface area contributed by atoms with Crippen molar-refractivity contribution in [2.24, 2.45) is 7.05 Å². The lowest BCUT2D eigenvalue weighted by Crippen LogP contribution is -2.31. The van der Waals surface area contributed by atoms with E-state index in [9.17, 15) is 0 Å². The van der Waals surface area contributed by atoms with E-state index in [2.05, 4.69) is 30.2 Å². The monoisotopic (exact) mass is 407 g/mol.